The van der Waals surface area contributed by atoms with Crippen LogP contribution in [0.25, 0.3) is 0 Å². The predicted octanol–water partition coefficient (Wildman–Crippen LogP) is 3.61. The standard InChI is InChI=1S/C18H23NO2/c1-13-9-15(11-19-3)10-14(2)18(13)21-12-16-7-5-6-8-17(16)20-4/h5-10,19H,11-12H2,1-4H3. The lowest BCUT2D eigenvalue weighted by molar-refractivity contribution is 0.293. The van der Waals surface area contributed by atoms with Crippen LogP contribution in [0, 0.1) is 13.8 Å². The fourth-order valence-corrected chi connectivity index (χ4v) is 2.55. The van der Waals surface area contributed by atoms with Crippen LogP contribution in [0.15, 0.2) is 36.4 Å². The van der Waals surface area contributed by atoms with Crippen LogP contribution >= 0.6 is 0 Å². The van der Waals surface area contributed by atoms with Crippen molar-refractivity contribution < 1.29 is 9.47 Å². The Morgan fingerprint density at radius 2 is 1.71 bits per heavy atom. The van der Waals surface area contributed by atoms with Crippen LogP contribution in [-0.2, 0) is 13.2 Å². The van der Waals surface area contributed by atoms with Crippen molar-refractivity contribution in [2.45, 2.75) is 27.0 Å². The van der Waals surface area contributed by atoms with Crippen LogP contribution in [0.2, 0.25) is 0 Å². The van der Waals surface area contributed by atoms with E-state index in [2.05, 4.69) is 31.3 Å². The average molecular weight is 285 g/mol. The van der Waals surface area contributed by atoms with Gasteiger partial charge in [0.1, 0.15) is 18.1 Å². The van der Waals surface area contributed by atoms with Gasteiger partial charge in [0.25, 0.3) is 0 Å². The highest BCUT2D eigenvalue weighted by atomic mass is 16.5. The van der Waals surface area contributed by atoms with Crippen molar-refractivity contribution in [1.29, 1.82) is 0 Å². The zero-order valence-corrected chi connectivity index (χ0v) is 13.2. The van der Waals surface area contributed by atoms with Gasteiger partial charge in [0.2, 0.25) is 0 Å². The molecule has 0 unspecified atom stereocenters. The van der Waals surface area contributed by atoms with Gasteiger partial charge >= 0.3 is 0 Å². The fourth-order valence-electron chi connectivity index (χ4n) is 2.55. The molecule has 2 rings (SSSR count). The number of hydrogen-bond acceptors (Lipinski definition) is 3. The molecule has 0 saturated carbocycles. The molecule has 2 aromatic carbocycles. The van der Waals surface area contributed by atoms with Gasteiger partial charge in [0, 0.05) is 12.1 Å². The number of aryl methyl sites for hydroxylation is 2. The SMILES string of the molecule is CNCc1cc(C)c(OCc2ccccc2OC)c(C)c1. The highest BCUT2D eigenvalue weighted by Crippen LogP contribution is 2.27. The molecule has 0 aliphatic carbocycles. The van der Waals surface area contributed by atoms with E-state index in [1.165, 1.54) is 5.56 Å². The third-order valence-electron chi connectivity index (χ3n) is 3.47. The number of nitrogens with one attached hydrogen (secondary N) is 1. The van der Waals surface area contributed by atoms with Gasteiger partial charge in [0.05, 0.1) is 7.11 Å². The van der Waals surface area contributed by atoms with E-state index in [1.54, 1.807) is 7.11 Å². The lowest BCUT2D eigenvalue weighted by Crippen LogP contribution is -2.07. The van der Waals surface area contributed by atoms with Gasteiger partial charge < -0.3 is 14.8 Å². The van der Waals surface area contributed by atoms with Gasteiger partial charge in [0.15, 0.2) is 0 Å². The topological polar surface area (TPSA) is 30.5 Å². The van der Waals surface area contributed by atoms with Gasteiger partial charge in [-0.2, -0.15) is 0 Å². The number of hydrogen-bond donors (Lipinski definition) is 1. The first-order chi connectivity index (χ1) is 10.2. The molecule has 0 saturated heterocycles. The van der Waals surface area contributed by atoms with Crippen LogP contribution in [0.3, 0.4) is 0 Å². The molecule has 2 aromatic rings. The van der Waals surface area contributed by atoms with Gasteiger partial charge in [-0.3, -0.25) is 0 Å². The second-order valence-corrected chi connectivity index (χ2v) is 5.19. The quantitative estimate of drug-likeness (QED) is 0.879. The Bertz CT molecular complexity index is 585. The van der Waals surface area contributed by atoms with Crippen LogP contribution in [0.1, 0.15) is 22.3 Å². The van der Waals surface area contributed by atoms with Crippen LogP contribution < -0.4 is 14.8 Å². The normalized spacial score (nSPS) is 10.5. The highest BCUT2D eigenvalue weighted by molar-refractivity contribution is 5.44. The zero-order chi connectivity index (χ0) is 15.2. The van der Waals surface area contributed by atoms with E-state index < -0.39 is 0 Å². The fraction of sp³-hybridized carbons (Fsp3) is 0.333. The Morgan fingerprint density at radius 3 is 2.33 bits per heavy atom. The summed E-state index contributed by atoms with van der Waals surface area (Å²) in [5, 5.41) is 3.17. The molecule has 3 nitrogen and oxygen atoms in total. The Morgan fingerprint density at radius 1 is 1.05 bits per heavy atom. The highest BCUT2D eigenvalue weighted by Gasteiger charge is 2.08. The van der Waals surface area contributed by atoms with Gasteiger partial charge in [-0.05, 0) is 43.7 Å². The van der Waals surface area contributed by atoms with E-state index in [4.69, 9.17) is 9.47 Å². The Labute approximate surface area is 126 Å². The first-order valence-electron chi connectivity index (χ1n) is 7.15. The minimum atomic E-state index is 0.511. The number of rotatable bonds is 6. The summed E-state index contributed by atoms with van der Waals surface area (Å²) < 4.78 is 11.4. The predicted molar refractivity (Wildman–Crippen MR) is 86.0 cm³/mol. The van der Waals surface area contributed by atoms with E-state index >= 15 is 0 Å². The Kier molecular flexibility index (Phi) is 5.23. The second kappa shape index (κ2) is 7.14. The first kappa shape index (κ1) is 15.4. The molecule has 0 aromatic heterocycles. The summed E-state index contributed by atoms with van der Waals surface area (Å²) in [6.45, 7) is 5.55. The Hall–Kier alpha value is -2.00. The van der Waals surface area contributed by atoms with Crippen LogP contribution in [-0.4, -0.2) is 14.2 Å². The van der Waals surface area contributed by atoms with E-state index in [-0.39, 0.29) is 0 Å². The van der Waals surface area contributed by atoms with Crippen molar-refractivity contribution in [3.05, 3.63) is 58.7 Å². The van der Waals surface area contributed by atoms with Crippen molar-refractivity contribution >= 4 is 0 Å². The van der Waals surface area contributed by atoms with E-state index in [0.29, 0.717) is 6.61 Å². The van der Waals surface area contributed by atoms with E-state index in [1.807, 2.05) is 31.3 Å². The van der Waals surface area contributed by atoms with Crippen molar-refractivity contribution in [3.8, 4) is 11.5 Å². The summed E-state index contributed by atoms with van der Waals surface area (Å²) in [5.41, 5.74) is 4.65. The summed E-state index contributed by atoms with van der Waals surface area (Å²) in [6, 6.07) is 12.3. The van der Waals surface area contributed by atoms with Crippen LogP contribution in [0.5, 0.6) is 11.5 Å². The number of benzene rings is 2. The van der Waals surface area contributed by atoms with Crippen molar-refractivity contribution in [1.82, 2.24) is 5.32 Å². The minimum Gasteiger partial charge on any atom is -0.496 e. The maximum Gasteiger partial charge on any atom is 0.125 e. The minimum absolute atomic E-state index is 0.511. The zero-order valence-electron chi connectivity index (χ0n) is 13.2. The number of ether oxygens (including phenoxy) is 2. The number of para-hydroxylation sites is 1. The third-order valence-corrected chi connectivity index (χ3v) is 3.47. The molecule has 0 radical (unpaired) electrons. The molecule has 3 heteroatoms. The van der Waals surface area contributed by atoms with Crippen molar-refractivity contribution in [2.75, 3.05) is 14.2 Å². The number of methoxy groups -OCH3 is 1. The molecule has 0 fully saturated rings. The molecule has 0 amide bonds. The van der Waals surface area contributed by atoms with Gasteiger partial charge in [-0.25, -0.2) is 0 Å². The second-order valence-electron chi connectivity index (χ2n) is 5.19. The lowest BCUT2D eigenvalue weighted by atomic mass is 10.1. The first-order valence-corrected chi connectivity index (χ1v) is 7.15. The molecule has 0 aliphatic rings. The average Bonchev–Trinajstić information content (AvgIpc) is 2.47. The molecular formula is C18H23NO2. The third kappa shape index (κ3) is 3.76. The smallest absolute Gasteiger partial charge is 0.125 e. The molecular weight excluding hydrogens is 262 g/mol. The molecule has 1 N–H and O–H groups in total. The summed E-state index contributed by atoms with van der Waals surface area (Å²) in [7, 11) is 3.64. The summed E-state index contributed by atoms with van der Waals surface area (Å²) in [4.78, 5) is 0. The molecule has 0 atom stereocenters. The maximum atomic E-state index is 6.03. The van der Waals surface area contributed by atoms with E-state index in [9.17, 15) is 0 Å². The Balaban J connectivity index is 2.16. The van der Waals surface area contributed by atoms with Gasteiger partial charge in [-0.15, -0.1) is 0 Å². The molecule has 21 heavy (non-hydrogen) atoms. The summed E-state index contributed by atoms with van der Waals surface area (Å²) >= 11 is 0. The molecule has 0 aliphatic heterocycles. The summed E-state index contributed by atoms with van der Waals surface area (Å²) in [6.07, 6.45) is 0. The summed E-state index contributed by atoms with van der Waals surface area (Å²) in [5.74, 6) is 1.82. The van der Waals surface area contributed by atoms with E-state index in [0.717, 1.165) is 34.7 Å². The molecule has 112 valence electrons. The van der Waals surface area contributed by atoms with Gasteiger partial charge in [-0.1, -0.05) is 30.3 Å². The molecule has 0 heterocycles. The molecule has 0 spiro atoms. The lowest BCUT2D eigenvalue weighted by Gasteiger charge is -2.15. The molecule has 0 bridgehead atoms. The maximum absolute atomic E-state index is 6.03. The van der Waals surface area contributed by atoms with Crippen LogP contribution in [0.4, 0.5) is 0 Å². The van der Waals surface area contributed by atoms with Crippen molar-refractivity contribution in [3.63, 3.8) is 0 Å². The largest absolute Gasteiger partial charge is 0.496 e. The monoisotopic (exact) mass is 285 g/mol. The van der Waals surface area contributed by atoms with Crippen molar-refractivity contribution in [2.24, 2.45) is 0 Å².